The van der Waals surface area contributed by atoms with Crippen LogP contribution in [0.15, 0.2) is 72.5 Å². The molecule has 0 unspecified atom stereocenters. The molecule has 6 heteroatoms. The van der Waals surface area contributed by atoms with Gasteiger partial charge < -0.3 is 5.32 Å². The molecule has 2 atom stereocenters. The summed E-state index contributed by atoms with van der Waals surface area (Å²) >= 11 is 1.44. The van der Waals surface area contributed by atoms with Crippen LogP contribution in [0.3, 0.4) is 0 Å². The number of rotatable bonds is 4. The van der Waals surface area contributed by atoms with E-state index in [2.05, 4.69) is 57.8 Å². The van der Waals surface area contributed by atoms with Crippen LogP contribution in [-0.2, 0) is 11.2 Å². The fourth-order valence-electron chi connectivity index (χ4n) is 4.38. The molecule has 2 aromatic carbocycles. The molecule has 2 heterocycles. The van der Waals surface area contributed by atoms with Crippen LogP contribution in [0.1, 0.15) is 29.5 Å². The standard InChI is InChI=1S/C23H20N4OS/c1-23(21(28)27-22-24-9-10-29-22)12-17-8-7-16(18-13-25-26-14-18)11-19(17)20(23)15-5-3-2-4-6-15/h2-11,13-14,20H,12H2,1H3,(H,25,26)(H,24,27,28)/t20-,23+/m0/s1. The predicted molar refractivity (Wildman–Crippen MR) is 115 cm³/mol. The molecule has 5 nitrogen and oxygen atoms in total. The molecule has 0 spiro atoms. The van der Waals surface area contributed by atoms with Gasteiger partial charge in [-0.25, -0.2) is 4.98 Å². The third-order valence-corrected chi connectivity index (χ3v) is 6.48. The van der Waals surface area contributed by atoms with Crippen molar-refractivity contribution in [2.75, 3.05) is 5.32 Å². The quantitative estimate of drug-likeness (QED) is 0.514. The second kappa shape index (κ2) is 6.97. The van der Waals surface area contributed by atoms with Crippen molar-refractivity contribution in [1.29, 1.82) is 0 Å². The Balaban J connectivity index is 1.61. The molecule has 0 bridgehead atoms. The van der Waals surface area contributed by atoms with Gasteiger partial charge in [0.05, 0.1) is 11.6 Å². The van der Waals surface area contributed by atoms with Crippen LogP contribution < -0.4 is 5.32 Å². The molecule has 0 saturated carbocycles. The Morgan fingerprint density at radius 3 is 2.79 bits per heavy atom. The molecular formula is C23H20N4OS. The normalized spacial score (nSPS) is 20.4. The van der Waals surface area contributed by atoms with Crippen molar-refractivity contribution in [3.8, 4) is 11.1 Å². The Bertz CT molecular complexity index is 1140. The molecule has 0 aliphatic heterocycles. The van der Waals surface area contributed by atoms with Gasteiger partial charge in [0.2, 0.25) is 5.91 Å². The smallest absolute Gasteiger partial charge is 0.233 e. The van der Waals surface area contributed by atoms with Gasteiger partial charge in [-0.15, -0.1) is 11.3 Å². The molecule has 29 heavy (non-hydrogen) atoms. The van der Waals surface area contributed by atoms with Gasteiger partial charge in [0.1, 0.15) is 0 Å². The number of aromatic amines is 1. The van der Waals surface area contributed by atoms with Gasteiger partial charge in [0, 0.05) is 29.3 Å². The second-order valence-corrected chi connectivity index (χ2v) is 8.52. The van der Waals surface area contributed by atoms with Crippen LogP contribution >= 0.6 is 11.3 Å². The molecule has 1 aliphatic carbocycles. The zero-order valence-corrected chi connectivity index (χ0v) is 16.7. The molecule has 2 aromatic heterocycles. The number of aromatic nitrogens is 3. The highest BCUT2D eigenvalue weighted by molar-refractivity contribution is 7.13. The lowest BCUT2D eigenvalue weighted by Crippen LogP contribution is -2.37. The fourth-order valence-corrected chi connectivity index (χ4v) is 4.91. The summed E-state index contributed by atoms with van der Waals surface area (Å²) in [6.45, 7) is 2.06. The first-order valence-corrected chi connectivity index (χ1v) is 10.4. The van der Waals surface area contributed by atoms with E-state index in [1.807, 2.05) is 36.0 Å². The van der Waals surface area contributed by atoms with E-state index < -0.39 is 5.41 Å². The monoisotopic (exact) mass is 400 g/mol. The van der Waals surface area contributed by atoms with Gasteiger partial charge in [-0.3, -0.25) is 9.89 Å². The van der Waals surface area contributed by atoms with Crippen molar-refractivity contribution >= 4 is 22.4 Å². The molecule has 5 rings (SSSR count). The number of H-pyrrole nitrogens is 1. The van der Waals surface area contributed by atoms with Crippen molar-refractivity contribution in [2.45, 2.75) is 19.3 Å². The van der Waals surface area contributed by atoms with E-state index in [4.69, 9.17) is 0 Å². The van der Waals surface area contributed by atoms with Gasteiger partial charge >= 0.3 is 0 Å². The molecule has 2 N–H and O–H groups in total. The first kappa shape index (κ1) is 17.8. The highest BCUT2D eigenvalue weighted by atomic mass is 32.1. The van der Waals surface area contributed by atoms with Crippen LogP contribution in [-0.4, -0.2) is 21.1 Å². The molecule has 144 valence electrons. The number of fused-ring (bicyclic) bond motifs is 1. The lowest BCUT2D eigenvalue weighted by Gasteiger charge is -2.31. The lowest BCUT2D eigenvalue weighted by molar-refractivity contribution is -0.125. The number of hydrogen-bond acceptors (Lipinski definition) is 4. The van der Waals surface area contributed by atoms with E-state index in [0.717, 1.165) is 16.7 Å². The summed E-state index contributed by atoms with van der Waals surface area (Å²) in [7, 11) is 0. The number of hydrogen-bond donors (Lipinski definition) is 2. The highest BCUT2D eigenvalue weighted by Crippen LogP contribution is 2.52. The molecule has 1 aliphatic rings. The maximum absolute atomic E-state index is 13.4. The minimum atomic E-state index is -0.607. The zero-order chi connectivity index (χ0) is 19.8. The predicted octanol–water partition coefficient (Wildman–Crippen LogP) is 4.87. The van der Waals surface area contributed by atoms with E-state index in [0.29, 0.717) is 11.6 Å². The minimum Gasteiger partial charge on any atom is -0.301 e. The van der Waals surface area contributed by atoms with Crippen LogP contribution in [0.2, 0.25) is 0 Å². The highest BCUT2D eigenvalue weighted by Gasteiger charge is 2.49. The summed E-state index contributed by atoms with van der Waals surface area (Å²) in [5, 5.41) is 12.5. The molecule has 0 fully saturated rings. The van der Waals surface area contributed by atoms with E-state index >= 15 is 0 Å². The summed E-state index contributed by atoms with van der Waals surface area (Å²) in [5.41, 5.74) is 5.09. The van der Waals surface area contributed by atoms with Crippen LogP contribution in [0, 0.1) is 5.41 Å². The maximum atomic E-state index is 13.4. The number of carbonyl (C=O) groups excluding carboxylic acids is 1. The minimum absolute atomic E-state index is 0.00219. The van der Waals surface area contributed by atoms with Crippen LogP contribution in [0.4, 0.5) is 5.13 Å². The van der Waals surface area contributed by atoms with E-state index in [-0.39, 0.29) is 11.8 Å². The lowest BCUT2D eigenvalue weighted by atomic mass is 9.73. The number of thiazole rings is 1. The van der Waals surface area contributed by atoms with Gasteiger partial charge in [0.15, 0.2) is 5.13 Å². The Kier molecular flexibility index (Phi) is 4.28. The Morgan fingerprint density at radius 1 is 1.21 bits per heavy atom. The number of nitrogens with zero attached hydrogens (tertiary/aromatic N) is 2. The van der Waals surface area contributed by atoms with Gasteiger partial charge in [-0.2, -0.15) is 5.10 Å². The zero-order valence-electron chi connectivity index (χ0n) is 15.9. The number of benzene rings is 2. The molecule has 1 amide bonds. The summed E-state index contributed by atoms with van der Waals surface area (Å²) in [4.78, 5) is 17.7. The number of nitrogens with one attached hydrogen (secondary N) is 2. The molecule has 0 radical (unpaired) electrons. The Morgan fingerprint density at radius 2 is 2.07 bits per heavy atom. The third-order valence-electron chi connectivity index (χ3n) is 5.79. The van der Waals surface area contributed by atoms with Crippen LogP contribution in [0.5, 0.6) is 0 Å². The van der Waals surface area contributed by atoms with E-state index in [9.17, 15) is 4.79 Å². The SMILES string of the molecule is C[C@@]1(C(=O)Nc2nccs2)Cc2ccc(-c3cn[nH]c3)cc2[C@@H]1c1ccccc1. The van der Waals surface area contributed by atoms with Crippen molar-refractivity contribution < 1.29 is 4.79 Å². The maximum Gasteiger partial charge on any atom is 0.233 e. The Labute approximate surface area is 172 Å². The largest absolute Gasteiger partial charge is 0.301 e. The molecular weight excluding hydrogens is 380 g/mol. The van der Waals surface area contributed by atoms with Gasteiger partial charge in [-0.1, -0.05) is 48.5 Å². The topological polar surface area (TPSA) is 70.7 Å². The second-order valence-electron chi connectivity index (χ2n) is 7.63. The first-order valence-electron chi connectivity index (χ1n) is 9.53. The van der Waals surface area contributed by atoms with Crippen molar-refractivity contribution in [3.63, 3.8) is 0 Å². The third kappa shape index (κ3) is 3.06. The Hall–Kier alpha value is -3.25. The molecule has 4 aromatic rings. The number of anilines is 1. The van der Waals surface area contributed by atoms with Crippen LogP contribution in [0.25, 0.3) is 11.1 Å². The van der Waals surface area contributed by atoms with Crippen molar-refractivity contribution in [2.24, 2.45) is 5.41 Å². The summed E-state index contributed by atoms with van der Waals surface area (Å²) in [6.07, 6.45) is 6.10. The summed E-state index contributed by atoms with van der Waals surface area (Å²) < 4.78 is 0. The molecule has 0 saturated heterocycles. The average molecular weight is 401 g/mol. The van der Waals surface area contributed by atoms with Crippen molar-refractivity contribution in [1.82, 2.24) is 15.2 Å². The first-order chi connectivity index (χ1) is 14.1. The number of carbonyl (C=O) groups is 1. The number of amides is 1. The fraction of sp³-hybridized carbons (Fsp3) is 0.174. The average Bonchev–Trinajstić information content (AvgIpc) is 3.48. The van der Waals surface area contributed by atoms with Crippen molar-refractivity contribution in [3.05, 3.63) is 89.2 Å². The van der Waals surface area contributed by atoms with E-state index in [1.165, 1.54) is 22.5 Å². The van der Waals surface area contributed by atoms with E-state index in [1.54, 1.807) is 6.20 Å². The summed E-state index contributed by atoms with van der Waals surface area (Å²) in [6, 6.07) is 16.8. The van der Waals surface area contributed by atoms with Gasteiger partial charge in [-0.05, 0) is 35.6 Å². The van der Waals surface area contributed by atoms with Gasteiger partial charge in [0.25, 0.3) is 0 Å². The summed E-state index contributed by atoms with van der Waals surface area (Å²) in [5.74, 6) is -0.0344.